The molecule has 104 valence electrons. The van der Waals surface area contributed by atoms with Gasteiger partial charge in [-0.05, 0) is 42.5 Å². The average Bonchev–Trinajstić information content (AvgIpc) is 2.97. The summed E-state index contributed by atoms with van der Waals surface area (Å²) in [5.74, 6) is 1.51. The van der Waals surface area contributed by atoms with E-state index in [1.54, 1.807) is 0 Å². The van der Waals surface area contributed by atoms with Crippen LogP contribution in [0.1, 0.15) is 11.9 Å². The zero-order chi connectivity index (χ0) is 13.9. The molecular weight excluding hydrogens is 340 g/mol. The zero-order valence-corrected chi connectivity index (χ0v) is 13.1. The van der Waals surface area contributed by atoms with Crippen LogP contribution in [0.3, 0.4) is 0 Å². The second-order valence-corrected chi connectivity index (χ2v) is 5.72. The standard InChI is InChI=1S/C15H13BrO3S/c16-14-6-3-11(9-13(14)15-17-7-8-18-15)19-10-1-4-12(20)5-2-10/h1-6,9,15,20H,7-8H2. The Balaban J connectivity index is 1.83. The second kappa shape index (κ2) is 6.18. The molecule has 1 saturated heterocycles. The van der Waals surface area contributed by atoms with Crippen molar-refractivity contribution in [3.8, 4) is 11.5 Å². The molecule has 0 amide bonds. The summed E-state index contributed by atoms with van der Waals surface area (Å²) in [4.78, 5) is 0.904. The molecule has 1 aliphatic heterocycles. The molecule has 1 aliphatic rings. The third-order valence-corrected chi connectivity index (χ3v) is 3.94. The Hall–Kier alpha value is -1.01. The molecule has 2 aromatic carbocycles. The van der Waals surface area contributed by atoms with Gasteiger partial charge < -0.3 is 14.2 Å². The fourth-order valence-corrected chi connectivity index (χ4v) is 2.54. The van der Waals surface area contributed by atoms with Crippen LogP contribution >= 0.6 is 28.6 Å². The molecule has 0 atom stereocenters. The summed E-state index contributed by atoms with van der Waals surface area (Å²) in [7, 11) is 0. The predicted molar refractivity (Wildman–Crippen MR) is 82.6 cm³/mol. The largest absolute Gasteiger partial charge is 0.457 e. The van der Waals surface area contributed by atoms with Gasteiger partial charge in [0.1, 0.15) is 11.5 Å². The van der Waals surface area contributed by atoms with Crippen molar-refractivity contribution < 1.29 is 14.2 Å². The summed E-state index contributed by atoms with van der Waals surface area (Å²) >= 11 is 7.76. The predicted octanol–water partition coefficient (Wildman–Crippen LogP) is 4.58. The van der Waals surface area contributed by atoms with Gasteiger partial charge in [0.2, 0.25) is 0 Å². The lowest BCUT2D eigenvalue weighted by Gasteiger charge is -2.13. The maximum Gasteiger partial charge on any atom is 0.185 e. The Morgan fingerprint density at radius 1 is 1.00 bits per heavy atom. The first-order chi connectivity index (χ1) is 9.72. The number of hydrogen-bond donors (Lipinski definition) is 1. The maximum atomic E-state index is 5.82. The molecular formula is C15H13BrO3S. The van der Waals surface area contributed by atoms with E-state index in [2.05, 4.69) is 28.6 Å². The molecule has 5 heteroatoms. The number of benzene rings is 2. The lowest BCUT2D eigenvalue weighted by Crippen LogP contribution is -1.99. The van der Waals surface area contributed by atoms with E-state index in [1.807, 2.05) is 42.5 Å². The molecule has 0 N–H and O–H groups in total. The zero-order valence-electron chi connectivity index (χ0n) is 10.6. The lowest BCUT2D eigenvalue weighted by molar-refractivity contribution is -0.0447. The van der Waals surface area contributed by atoms with E-state index in [1.165, 1.54) is 0 Å². The topological polar surface area (TPSA) is 27.7 Å². The summed E-state index contributed by atoms with van der Waals surface area (Å²) in [6, 6.07) is 13.3. The highest BCUT2D eigenvalue weighted by atomic mass is 79.9. The lowest BCUT2D eigenvalue weighted by atomic mass is 10.2. The van der Waals surface area contributed by atoms with Crippen LogP contribution in [0, 0.1) is 0 Å². The fraction of sp³-hybridized carbons (Fsp3) is 0.200. The van der Waals surface area contributed by atoms with Crippen molar-refractivity contribution in [2.75, 3.05) is 13.2 Å². The fourth-order valence-electron chi connectivity index (χ4n) is 1.95. The summed E-state index contributed by atoms with van der Waals surface area (Å²) in [5.41, 5.74) is 0.936. The first-order valence-corrected chi connectivity index (χ1v) is 7.46. The van der Waals surface area contributed by atoms with E-state index in [4.69, 9.17) is 14.2 Å². The summed E-state index contributed by atoms with van der Waals surface area (Å²) in [6.07, 6.45) is -0.326. The Kier molecular flexibility index (Phi) is 4.31. The number of halogens is 1. The van der Waals surface area contributed by atoms with Crippen molar-refractivity contribution in [2.45, 2.75) is 11.2 Å². The minimum Gasteiger partial charge on any atom is -0.457 e. The van der Waals surface area contributed by atoms with Gasteiger partial charge in [-0.3, -0.25) is 0 Å². The Labute approximate surface area is 131 Å². The van der Waals surface area contributed by atoms with E-state index in [0.717, 1.165) is 26.4 Å². The van der Waals surface area contributed by atoms with E-state index < -0.39 is 0 Å². The van der Waals surface area contributed by atoms with Crippen molar-refractivity contribution in [3.05, 3.63) is 52.5 Å². The van der Waals surface area contributed by atoms with Crippen LogP contribution in [0.4, 0.5) is 0 Å². The Bertz CT molecular complexity index is 595. The monoisotopic (exact) mass is 352 g/mol. The minimum atomic E-state index is -0.326. The van der Waals surface area contributed by atoms with Crippen LogP contribution in [0.2, 0.25) is 0 Å². The average molecular weight is 353 g/mol. The molecule has 1 fully saturated rings. The van der Waals surface area contributed by atoms with Gasteiger partial charge in [-0.2, -0.15) is 0 Å². The highest BCUT2D eigenvalue weighted by molar-refractivity contribution is 9.10. The normalized spacial score (nSPS) is 15.5. The molecule has 0 aliphatic carbocycles. The summed E-state index contributed by atoms with van der Waals surface area (Å²) in [6.45, 7) is 1.23. The molecule has 20 heavy (non-hydrogen) atoms. The molecule has 0 bridgehead atoms. The number of ether oxygens (including phenoxy) is 3. The molecule has 0 saturated carbocycles. The van der Waals surface area contributed by atoms with E-state index >= 15 is 0 Å². The van der Waals surface area contributed by atoms with Gasteiger partial charge in [-0.1, -0.05) is 15.9 Å². The van der Waals surface area contributed by atoms with Crippen LogP contribution in [0.5, 0.6) is 11.5 Å². The molecule has 0 unspecified atom stereocenters. The molecule has 1 heterocycles. The van der Waals surface area contributed by atoms with Crippen molar-refractivity contribution in [1.82, 2.24) is 0 Å². The molecule has 0 spiro atoms. The van der Waals surface area contributed by atoms with Gasteiger partial charge in [0, 0.05) is 14.9 Å². The first-order valence-electron chi connectivity index (χ1n) is 6.22. The number of rotatable bonds is 3. The SMILES string of the molecule is Sc1ccc(Oc2ccc(Br)c(C3OCCO3)c2)cc1. The van der Waals surface area contributed by atoms with Crippen LogP contribution in [0.15, 0.2) is 51.8 Å². The maximum absolute atomic E-state index is 5.82. The first kappa shape index (κ1) is 13.9. The van der Waals surface area contributed by atoms with Crippen molar-refractivity contribution >= 4 is 28.6 Å². The summed E-state index contributed by atoms with van der Waals surface area (Å²) in [5, 5.41) is 0. The van der Waals surface area contributed by atoms with Gasteiger partial charge in [0.05, 0.1) is 13.2 Å². The molecule has 3 nitrogen and oxygen atoms in total. The van der Waals surface area contributed by atoms with Crippen LogP contribution in [-0.2, 0) is 9.47 Å². The quantitative estimate of drug-likeness (QED) is 0.819. The van der Waals surface area contributed by atoms with Crippen molar-refractivity contribution in [1.29, 1.82) is 0 Å². The van der Waals surface area contributed by atoms with Gasteiger partial charge >= 0.3 is 0 Å². The van der Waals surface area contributed by atoms with Gasteiger partial charge in [-0.15, -0.1) is 12.6 Å². The van der Waals surface area contributed by atoms with Crippen molar-refractivity contribution in [2.24, 2.45) is 0 Å². The summed E-state index contributed by atoms with van der Waals surface area (Å²) < 4.78 is 17.8. The minimum absolute atomic E-state index is 0.326. The third-order valence-electron chi connectivity index (χ3n) is 2.92. The van der Waals surface area contributed by atoms with E-state index in [9.17, 15) is 0 Å². The molecule has 2 aromatic rings. The van der Waals surface area contributed by atoms with Crippen molar-refractivity contribution in [3.63, 3.8) is 0 Å². The van der Waals surface area contributed by atoms with Gasteiger partial charge in [0.25, 0.3) is 0 Å². The molecule has 0 aromatic heterocycles. The Morgan fingerprint density at radius 2 is 1.65 bits per heavy atom. The number of hydrogen-bond acceptors (Lipinski definition) is 4. The van der Waals surface area contributed by atoms with Crippen LogP contribution in [0.25, 0.3) is 0 Å². The number of thiol groups is 1. The Morgan fingerprint density at radius 3 is 2.35 bits per heavy atom. The van der Waals surface area contributed by atoms with Crippen LogP contribution in [-0.4, -0.2) is 13.2 Å². The van der Waals surface area contributed by atoms with E-state index in [-0.39, 0.29) is 6.29 Å². The molecule has 3 rings (SSSR count). The van der Waals surface area contributed by atoms with Crippen LogP contribution < -0.4 is 4.74 Å². The van der Waals surface area contributed by atoms with Gasteiger partial charge in [-0.25, -0.2) is 0 Å². The smallest absolute Gasteiger partial charge is 0.185 e. The second-order valence-electron chi connectivity index (χ2n) is 4.35. The van der Waals surface area contributed by atoms with E-state index in [0.29, 0.717) is 13.2 Å². The highest BCUT2D eigenvalue weighted by Gasteiger charge is 2.21. The highest BCUT2D eigenvalue weighted by Crippen LogP contribution is 2.34. The molecule has 0 radical (unpaired) electrons. The van der Waals surface area contributed by atoms with Gasteiger partial charge in [0.15, 0.2) is 6.29 Å². The third kappa shape index (κ3) is 3.17.